The van der Waals surface area contributed by atoms with E-state index in [4.69, 9.17) is 0 Å². The largest absolute Gasteiger partial charge is 0.394 e. The molecule has 0 radical (unpaired) electrons. The third-order valence-electron chi connectivity index (χ3n) is 16.0. The van der Waals surface area contributed by atoms with Crippen LogP contribution in [0.1, 0.15) is 373 Å². The van der Waals surface area contributed by atoms with Crippen molar-refractivity contribution in [1.29, 1.82) is 0 Å². The minimum absolute atomic E-state index is 0.0715. The number of hydrogen-bond acceptors (Lipinski definition) is 3. The zero-order valence-corrected chi connectivity index (χ0v) is 51.5. The Morgan fingerprint density at radius 3 is 0.842 bits per heavy atom. The maximum Gasteiger partial charge on any atom is 0.220 e. The summed E-state index contributed by atoms with van der Waals surface area (Å²) in [7, 11) is 0. The number of amides is 1. The Kier molecular flexibility index (Phi) is 65.7. The predicted octanol–water partition coefficient (Wildman–Crippen LogP) is 23.5. The monoisotopic (exact) mass is 1060 g/mol. The molecular weight excluding hydrogens is 927 g/mol. The van der Waals surface area contributed by atoms with Crippen LogP contribution >= 0.6 is 0 Å². The standard InChI is InChI=1S/C72H135NO3/c1-3-5-7-9-11-13-15-17-19-21-23-25-27-29-31-32-33-34-35-36-37-38-39-40-42-44-46-48-50-52-54-56-58-60-62-64-66-68-72(76)73-70(69-74)71(75)67-65-63-61-59-57-55-53-51-49-47-45-43-41-30-28-26-24-22-20-18-16-14-12-10-8-6-4-2/h15,17,21,23,49,51,57,59,65,67,70-71,74-75H,3-14,16,18-20,22,24-48,50,52-56,58,60-64,66,68-69H2,1-2H3,(H,73,76)/b17-15-,23-21-,51-49+,59-57+,67-65+. The highest BCUT2D eigenvalue weighted by atomic mass is 16.3. The molecule has 0 saturated heterocycles. The number of allylic oxidation sites excluding steroid dienone is 9. The molecule has 1 amide bonds. The van der Waals surface area contributed by atoms with E-state index in [2.05, 4.69) is 67.8 Å². The molecule has 0 fully saturated rings. The molecule has 0 rings (SSSR count). The number of nitrogens with one attached hydrogen (secondary N) is 1. The summed E-state index contributed by atoms with van der Waals surface area (Å²) in [5.74, 6) is -0.0715. The first kappa shape index (κ1) is 74.1. The molecule has 0 aliphatic heterocycles. The lowest BCUT2D eigenvalue weighted by atomic mass is 10.0. The van der Waals surface area contributed by atoms with Gasteiger partial charge in [-0.05, 0) is 77.0 Å². The van der Waals surface area contributed by atoms with Gasteiger partial charge in [0.05, 0.1) is 18.8 Å². The van der Waals surface area contributed by atoms with Crippen molar-refractivity contribution in [3.8, 4) is 0 Å². The van der Waals surface area contributed by atoms with Gasteiger partial charge in [0.15, 0.2) is 0 Å². The van der Waals surface area contributed by atoms with Crippen LogP contribution in [0.3, 0.4) is 0 Å². The first-order chi connectivity index (χ1) is 37.7. The first-order valence-electron chi connectivity index (χ1n) is 34.5. The summed E-state index contributed by atoms with van der Waals surface area (Å²) < 4.78 is 0. The molecule has 4 nitrogen and oxygen atoms in total. The number of carbonyl (C=O) groups is 1. The Morgan fingerprint density at radius 2 is 0.553 bits per heavy atom. The Morgan fingerprint density at radius 1 is 0.316 bits per heavy atom. The van der Waals surface area contributed by atoms with Gasteiger partial charge in [0.1, 0.15) is 0 Å². The number of aliphatic hydroxyl groups is 2. The van der Waals surface area contributed by atoms with E-state index in [0.717, 1.165) is 44.9 Å². The fourth-order valence-electron chi connectivity index (χ4n) is 10.7. The molecular formula is C72H135NO3. The van der Waals surface area contributed by atoms with Crippen LogP contribution in [-0.4, -0.2) is 34.9 Å². The summed E-state index contributed by atoms with van der Waals surface area (Å²) in [5.41, 5.74) is 0. The van der Waals surface area contributed by atoms with Crippen LogP contribution in [0, 0.1) is 0 Å². The van der Waals surface area contributed by atoms with Gasteiger partial charge in [-0.2, -0.15) is 0 Å². The third-order valence-corrected chi connectivity index (χ3v) is 16.0. The van der Waals surface area contributed by atoms with E-state index in [9.17, 15) is 15.0 Å². The minimum Gasteiger partial charge on any atom is -0.394 e. The number of aliphatic hydroxyl groups excluding tert-OH is 2. The fraction of sp³-hybridized carbons (Fsp3) is 0.847. The number of rotatable bonds is 64. The quantitative estimate of drug-likeness (QED) is 0.0420. The fourth-order valence-corrected chi connectivity index (χ4v) is 10.7. The molecule has 0 spiro atoms. The van der Waals surface area contributed by atoms with Crippen molar-refractivity contribution in [2.75, 3.05) is 6.61 Å². The van der Waals surface area contributed by atoms with E-state index < -0.39 is 12.1 Å². The second-order valence-electron chi connectivity index (χ2n) is 23.6. The van der Waals surface area contributed by atoms with Gasteiger partial charge in [0, 0.05) is 6.42 Å². The average Bonchev–Trinajstić information content (AvgIpc) is 3.42. The summed E-state index contributed by atoms with van der Waals surface area (Å²) in [4.78, 5) is 12.5. The maximum atomic E-state index is 12.5. The molecule has 2 unspecified atom stereocenters. The van der Waals surface area contributed by atoms with E-state index in [1.807, 2.05) is 6.08 Å². The van der Waals surface area contributed by atoms with Crippen molar-refractivity contribution in [3.05, 3.63) is 60.8 Å². The average molecular weight is 1060 g/mol. The van der Waals surface area contributed by atoms with Crippen LogP contribution < -0.4 is 5.32 Å². The van der Waals surface area contributed by atoms with Gasteiger partial charge in [0.25, 0.3) is 0 Å². The maximum absolute atomic E-state index is 12.5. The Bertz CT molecular complexity index is 1250. The van der Waals surface area contributed by atoms with Gasteiger partial charge in [-0.25, -0.2) is 0 Å². The molecule has 2 atom stereocenters. The van der Waals surface area contributed by atoms with Crippen LogP contribution in [0.5, 0.6) is 0 Å². The summed E-state index contributed by atoms with van der Waals surface area (Å²) >= 11 is 0. The third kappa shape index (κ3) is 62.9. The van der Waals surface area contributed by atoms with E-state index in [1.165, 1.54) is 308 Å². The molecule has 0 heterocycles. The van der Waals surface area contributed by atoms with Crippen LogP contribution in [0.15, 0.2) is 60.8 Å². The molecule has 0 aromatic heterocycles. The SMILES string of the molecule is CCCCCCC/C=C\C/C=C\CCCCCCCCCCCCCCCCCCCCCCCCCCCC(=O)NC(CO)C(O)/C=C/CC/C=C/CC/C=C/CCCCCCCCCCCCCCCCCCC. The Labute approximate surface area is 477 Å². The van der Waals surface area contributed by atoms with Crippen molar-refractivity contribution in [1.82, 2.24) is 5.32 Å². The molecule has 0 aliphatic rings. The van der Waals surface area contributed by atoms with Gasteiger partial charge in [-0.1, -0.05) is 351 Å². The predicted molar refractivity (Wildman–Crippen MR) is 341 cm³/mol. The highest BCUT2D eigenvalue weighted by Gasteiger charge is 2.18. The van der Waals surface area contributed by atoms with E-state index in [1.54, 1.807) is 6.08 Å². The van der Waals surface area contributed by atoms with Crippen molar-refractivity contribution >= 4 is 5.91 Å². The minimum atomic E-state index is -0.872. The number of hydrogen-bond donors (Lipinski definition) is 3. The van der Waals surface area contributed by atoms with Crippen LogP contribution in [0.4, 0.5) is 0 Å². The number of unbranched alkanes of at least 4 members (excludes halogenated alkanes) is 49. The molecule has 4 heteroatoms. The Hall–Kier alpha value is -1.91. The van der Waals surface area contributed by atoms with E-state index in [0.29, 0.717) is 6.42 Å². The first-order valence-corrected chi connectivity index (χ1v) is 34.5. The van der Waals surface area contributed by atoms with Crippen LogP contribution in [0.2, 0.25) is 0 Å². The zero-order chi connectivity index (χ0) is 54.8. The lowest BCUT2D eigenvalue weighted by Gasteiger charge is -2.19. The smallest absolute Gasteiger partial charge is 0.220 e. The second kappa shape index (κ2) is 67.4. The summed E-state index contributed by atoms with van der Waals surface area (Å²) in [5, 5.41) is 23.2. The van der Waals surface area contributed by atoms with Gasteiger partial charge in [-0.3, -0.25) is 4.79 Å². The van der Waals surface area contributed by atoms with Crippen molar-refractivity contribution in [2.24, 2.45) is 0 Å². The summed E-state index contributed by atoms with van der Waals surface area (Å²) in [6.07, 6.45) is 96.0. The second-order valence-corrected chi connectivity index (χ2v) is 23.6. The van der Waals surface area contributed by atoms with Gasteiger partial charge in [0.2, 0.25) is 5.91 Å². The van der Waals surface area contributed by atoms with Crippen LogP contribution in [-0.2, 0) is 4.79 Å². The van der Waals surface area contributed by atoms with Gasteiger partial charge in [-0.15, -0.1) is 0 Å². The van der Waals surface area contributed by atoms with Crippen molar-refractivity contribution in [3.63, 3.8) is 0 Å². The summed E-state index contributed by atoms with van der Waals surface area (Å²) in [6, 6.07) is -0.647. The van der Waals surface area contributed by atoms with E-state index >= 15 is 0 Å². The molecule has 0 aliphatic carbocycles. The molecule has 0 aromatic carbocycles. The molecule has 76 heavy (non-hydrogen) atoms. The Balaban J connectivity index is 3.46. The molecule has 446 valence electrons. The number of carbonyl (C=O) groups excluding carboxylic acids is 1. The highest BCUT2D eigenvalue weighted by molar-refractivity contribution is 5.76. The molecule has 0 bridgehead atoms. The van der Waals surface area contributed by atoms with Crippen molar-refractivity contribution in [2.45, 2.75) is 386 Å². The normalized spacial score (nSPS) is 13.1. The zero-order valence-electron chi connectivity index (χ0n) is 51.5. The van der Waals surface area contributed by atoms with Gasteiger partial charge < -0.3 is 15.5 Å². The molecule has 0 saturated carbocycles. The van der Waals surface area contributed by atoms with Crippen LogP contribution in [0.25, 0.3) is 0 Å². The molecule has 3 N–H and O–H groups in total. The highest BCUT2D eigenvalue weighted by Crippen LogP contribution is 2.18. The lowest BCUT2D eigenvalue weighted by molar-refractivity contribution is -0.123. The topological polar surface area (TPSA) is 69.6 Å². The van der Waals surface area contributed by atoms with Gasteiger partial charge >= 0.3 is 0 Å². The molecule has 0 aromatic rings. The lowest BCUT2D eigenvalue weighted by Crippen LogP contribution is -2.45. The van der Waals surface area contributed by atoms with Crippen molar-refractivity contribution < 1.29 is 15.0 Å². The van der Waals surface area contributed by atoms with E-state index in [-0.39, 0.29) is 12.5 Å². The summed E-state index contributed by atoms with van der Waals surface area (Å²) in [6.45, 7) is 4.32.